The minimum atomic E-state index is -0.486. The van der Waals surface area contributed by atoms with Gasteiger partial charge in [0, 0.05) is 25.6 Å². The predicted molar refractivity (Wildman–Crippen MR) is 77.1 cm³/mol. The zero-order valence-electron chi connectivity index (χ0n) is 11.4. The summed E-state index contributed by atoms with van der Waals surface area (Å²) in [4.78, 5) is 24.7. The zero-order chi connectivity index (χ0) is 15.4. The largest absolute Gasteiger partial charge is 0.369 e. The van der Waals surface area contributed by atoms with E-state index in [1.165, 1.54) is 12.1 Å². The van der Waals surface area contributed by atoms with Gasteiger partial charge in [0.25, 0.3) is 0 Å². The second-order valence-corrected chi connectivity index (χ2v) is 5.48. The molecule has 1 aliphatic heterocycles. The number of urea groups is 1. The van der Waals surface area contributed by atoms with Crippen LogP contribution in [0.25, 0.3) is 0 Å². The number of nitrogens with zero attached hydrogens (tertiary/aromatic N) is 1. The first-order chi connectivity index (χ1) is 9.97. The Morgan fingerprint density at radius 3 is 2.62 bits per heavy atom. The molecular formula is C14H17ClFN3O2. The number of nitrogens with one attached hydrogen (secondary N) is 1. The maximum Gasteiger partial charge on any atom is 0.317 e. The molecule has 3 N–H and O–H groups in total. The number of halogens is 2. The Kier molecular flexibility index (Phi) is 5.01. The van der Waals surface area contributed by atoms with Crippen molar-refractivity contribution in [2.75, 3.05) is 13.1 Å². The van der Waals surface area contributed by atoms with E-state index in [1.807, 2.05) is 0 Å². The number of benzene rings is 1. The molecule has 0 aromatic heterocycles. The number of likely N-dealkylation sites (tertiary alicyclic amines) is 1. The lowest BCUT2D eigenvalue weighted by Gasteiger charge is -2.30. The third kappa shape index (κ3) is 4.07. The fourth-order valence-corrected chi connectivity index (χ4v) is 2.51. The molecule has 0 radical (unpaired) electrons. The number of hydrogen-bond donors (Lipinski definition) is 2. The molecule has 1 aromatic carbocycles. The van der Waals surface area contributed by atoms with Crippen LogP contribution >= 0.6 is 11.6 Å². The highest BCUT2D eigenvalue weighted by molar-refractivity contribution is 6.30. The fraction of sp³-hybridized carbons (Fsp3) is 0.429. The van der Waals surface area contributed by atoms with Crippen molar-refractivity contribution in [1.82, 2.24) is 10.2 Å². The average molecular weight is 314 g/mol. The molecule has 0 atom stereocenters. The quantitative estimate of drug-likeness (QED) is 0.894. The van der Waals surface area contributed by atoms with Gasteiger partial charge in [0.2, 0.25) is 5.91 Å². The number of piperidine rings is 1. The second-order valence-electron chi connectivity index (χ2n) is 5.07. The Morgan fingerprint density at radius 1 is 1.38 bits per heavy atom. The maximum atomic E-state index is 13.0. The predicted octanol–water partition coefficient (Wildman–Crippen LogP) is 1.89. The van der Waals surface area contributed by atoms with E-state index >= 15 is 0 Å². The lowest BCUT2D eigenvalue weighted by Crippen LogP contribution is -2.46. The van der Waals surface area contributed by atoms with Crippen molar-refractivity contribution in [3.8, 4) is 0 Å². The SMILES string of the molecule is NC(=O)C1CCN(C(=O)NCc2ccc(F)c(Cl)c2)CC1. The van der Waals surface area contributed by atoms with Crippen LogP contribution in [0.5, 0.6) is 0 Å². The van der Waals surface area contributed by atoms with E-state index in [9.17, 15) is 14.0 Å². The molecular weight excluding hydrogens is 297 g/mol. The van der Waals surface area contributed by atoms with E-state index in [0.29, 0.717) is 25.9 Å². The van der Waals surface area contributed by atoms with Crippen molar-refractivity contribution in [3.63, 3.8) is 0 Å². The molecule has 1 fully saturated rings. The topological polar surface area (TPSA) is 75.4 Å². The Balaban J connectivity index is 1.82. The van der Waals surface area contributed by atoms with Gasteiger partial charge in [-0.3, -0.25) is 4.79 Å². The first kappa shape index (κ1) is 15.6. The van der Waals surface area contributed by atoms with Crippen LogP contribution in [-0.2, 0) is 11.3 Å². The summed E-state index contributed by atoms with van der Waals surface area (Å²) in [6, 6.07) is 4.11. The Labute approximate surface area is 127 Å². The molecule has 1 heterocycles. The summed E-state index contributed by atoms with van der Waals surface area (Å²) in [7, 11) is 0. The summed E-state index contributed by atoms with van der Waals surface area (Å²) in [6.45, 7) is 1.28. The molecule has 2 rings (SSSR count). The van der Waals surface area contributed by atoms with Gasteiger partial charge in [-0.05, 0) is 30.5 Å². The molecule has 0 spiro atoms. The monoisotopic (exact) mass is 313 g/mol. The number of nitrogens with two attached hydrogens (primary N) is 1. The van der Waals surface area contributed by atoms with Crippen LogP contribution < -0.4 is 11.1 Å². The first-order valence-electron chi connectivity index (χ1n) is 6.73. The second kappa shape index (κ2) is 6.76. The van der Waals surface area contributed by atoms with Crippen LogP contribution in [0.3, 0.4) is 0 Å². The molecule has 3 amide bonds. The molecule has 7 heteroatoms. The number of hydrogen-bond acceptors (Lipinski definition) is 2. The van der Waals surface area contributed by atoms with E-state index in [1.54, 1.807) is 11.0 Å². The normalized spacial score (nSPS) is 15.8. The standard InChI is InChI=1S/C14H17ClFN3O2/c15-11-7-9(1-2-12(11)16)8-18-14(21)19-5-3-10(4-6-19)13(17)20/h1-2,7,10H,3-6,8H2,(H2,17,20)(H,18,21). The van der Waals surface area contributed by atoms with Gasteiger partial charge in [-0.1, -0.05) is 17.7 Å². The van der Waals surface area contributed by atoms with Crippen LogP contribution in [0, 0.1) is 11.7 Å². The van der Waals surface area contributed by atoms with Crippen LogP contribution in [0.2, 0.25) is 5.02 Å². The number of carbonyl (C=O) groups is 2. The van der Waals surface area contributed by atoms with Gasteiger partial charge in [-0.15, -0.1) is 0 Å². The molecule has 0 saturated carbocycles. The molecule has 114 valence electrons. The third-order valence-corrected chi connectivity index (χ3v) is 3.90. The summed E-state index contributed by atoms with van der Waals surface area (Å²) in [6.07, 6.45) is 1.18. The van der Waals surface area contributed by atoms with Gasteiger partial charge in [-0.25, -0.2) is 9.18 Å². The zero-order valence-corrected chi connectivity index (χ0v) is 12.2. The van der Waals surface area contributed by atoms with Crippen molar-refractivity contribution >= 4 is 23.5 Å². The van der Waals surface area contributed by atoms with E-state index in [0.717, 1.165) is 5.56 Å². The molecule has 1 aromatic rings. The summed E-state index contributed by atoms with van der Waals surface area (Å²) < 4.78 is 13.0. The fourth-order valence-electron chi connectivity index (χ4n) is 2.31. The molecule has 0 unspecified atom stereocenters. The highest BCUT2D eigenvalue weighted by atomic mass is 35.5. The first-order valence-corrected chi connectivity index (χ1v) is 7.11. The summed E-state index contributed by atoms with van der Waals surface area (Å²) >= 11 is 5.68. The molecule has 1 aliphatic rings. The van der Waals surface area contributed by atoms with Gasteiger partial charge in [0.1, 0.15) is 5.82 Å². The molecule has 0 bridgehead atoms. The van der Waals surface area contributed by atoms with E-state index in [4.69, 9.17) is 17.3 Å². The minimum absolute atomic E-state index is 0.0315. The Hall–Kier alpha value is -1.82. The smallest absolute Gasteiger partial charge is 0.317 e. The number of carbonyl (C=O) groups excluding carboxylic acids is 2. The minimum Gasteiger partial charge on any atom is -0.369 e. The van der Waals surface area contributed by atoms with E-state index in [2.05, 4.69) is 5.32 Å². The van der Waals surface area contributed by atoms with E-state index in [-0.39, 0.29) is 29.4 Å². The van der Waals surface area contributed by atoms with Crippen molar-refractivity contribution in [3.05, 3.63) is 34.6 Å². The highest BCUT2D eigenvalue weighted by Gasteiger charge is 2.25. The summed E-state index contributed by atoms with van der Waals surface area (Å²) in [5.41, 5.74) is 5.97. The van der Waals surface area contributed by atoms with Crippen LogP contribution in [0.15, 0.2) is 18.2 Å². The van der Waals surface area contributed by atoms with Crippen LogP contribution in [0.1, 0.15) is 18.4 Å². The van der Waals surface area contributed by atoms with Gasteiger partial charge in [0.05, 0.1) is 5.02 Å². The van der Waals surface area contributed by atoms with Gasteiger partial charge < -0.3 is 16.0 Å². The van der Waals surface area contributed by atoms with Crippen molar-refractivity contribution in [2.45, 2.75) is 19.4 Å². The van der Waals surface area contributed by atoms with Crippen molar-refractivity contribution in [1.29, 1.82) is 0 Å². The number of amides is 3. The van der Waals surface area contributed by atoms with Crippen molar-refractivity contribution < 1.29 is 14.0 Å². The molecule has 5 nitrogen and oxygen atoms in total. The summed E-state index contributed by atoms with van der Waals surface area (Å²) in [5.74, 6) is -0.943. The van der Waals surface area contributed by atoms with Crippen LogP contribution in [0.4, 0.5) is 9.18 Å². The molecule has 1 saturated heterocycles. The lowest BCUT2D eigenvalue weighted by atomic mass is 9.96. The number of rotatable bonds is 3. The van der Waals surface area contributed by atoms with Crippen molar-refractivity contribution in [2.24, 2.45) is 11.7 Å². The lowest BCUT2D eigenvalue weighted by molar-refractivity contribution is -0.123. The van der Waals surface area contributed by atoms with Gasteiger partial charge in [-0.2, -0.15) is 0 Å². The summed E-state index contributed by atoms with van der Waals surface area (Å²) in [5, 5.41) is 2.78. The number of primary amides is 1. The van der Waals surface area contributed by atoms with Gasteiger partial charge >= 0.3 is 6.03 Å². The van der Waals surface area contributed by atoms with E-state index < -0.39 is 5.82 Å². The maximum absolute atomic E-state index is 13.0. The van der Waals surface area contributed by atoms with Gasteiger partial charge in [0.15, 0.2) is 0 Å². The Morgan fingerprint density at radius 2 is 2.05 bits per heavy atom. The Bertz CT molecular complexity index is 545. The molecule has 21 heavy (non-hydrogen) atoms. The average Bonchev–Trinajstić information content (AvgIpc) is 2.48. The highest BCUT2D eigenvalue weighted by Crippen LogP contribution is 2.18. The van der Waals surface area contributed by atoms with Crippen LogP contribution in [-0.4, -0.2) is 29.9 Å². The third-order valence-electron chi connectivity index (χ3n) is 3.61. The molecule has 0 aliphatic carbocycles.